The van der Waals surface area contributed by atoms with E-state index in [1.54, 1.807) is 4.90 Å². The fourth-order valence-corrected chi connectivity index (χ4v) is 3.24. The Morgan fingerprint density at radius 3 is 2.54 bits per heavy atom. The van der Waals surface area contributed by atoms with Crippen molar-refractivity contribution in [3.63, 3.8) is 0 Å². The Kier molecular flexibility index (Phi) is 5.56. The van der Waals surface area contributed by atoms with Crippen molar-refractivity contribution < 1.29 is 14.3 Å². The van der Waals surface area contributed by atoms with Gasteiger partial charge in [0, 0.05) is 18.7 Å². The number of nitrogens with one attached hydrogen (secondary N) is 1. The smallest absolute Gasteiger partial charge is 0.227 e. The van der Waals surface area contributed by atoms with E-state index >= 15 is 0 Å². The van der Waals surface area contributed by atoms with Crippen LogP contribution in [0.2, 0.25) is 0 Å². The molecule has 1 fully saturated rings. The van der Waals surface area contributed by atoms with Gasteiger partial charge in [-0.05, 0) is 49.2 Å². The van der Waals surface area contributed by atoms with Gasteiger partial charge in [0.2, 0.25) is 11.8 Å². The van der Waals surface area contributed by atoms with Crippen LogP contribution in [0.5, 0.6) is 5.75 Å². The van der Waals surface area contributed by atoms with Crippen LogP contribution in [0.3, 0.4) is 0 Å². The Hall–Kier alpha value is -2.82. The van der Waals surface area contributed by atoms with Crippen molar-refractivity contribution in [2.75, 3.05) is 24.6 Å². The van der Waals surface area contributed by atoms with Crippen LogP contribution >= 0.6 is 0 Å². The first-order valence-corrected chi connectivity index (χ1v) is 8.87. The summed E-state index contributed by atoms with van der Waals surface area (Å²) in [5, 5.41) is 2.87. The second-order valence-electron chi connectivity index (χ2n) is 6.70. The quantitative estimate of drug-likeness (QED) is 0.814. The molecule has 2 aromatic carbocycles. The van der Waals surface area contributed by atoms with Crippen molar-refractivity contribution in [3.8, 4) is 5.75 Å². The Labute approximate surface area is 154 Å². The van der Waals surface area contributed by atoms with E-state index < -0.39 is 0 Å². The number of carbonyl (C=O) groups excluding carboxylic acids is 2. The molecule has 5 nitrogen and oxygen atoms in total. The van der Waals surface area contributed by atoms with Gasteiger partial charge in [0.15, 0.2) is 0 Å². The predicted octanol–water partition coefficient (Wildman–Crippen LogP) is 2.85. The van der Waals surface area contributed by atoms with Gasteiger partial charge >= 0.3 is 0 Å². The van der Waals surface area contributed by atoms with Crippen LogP contribution in [0.4, 0.5) is 5.69 Å². The standard InChI is InChI=1S/C21H24N2O3/c1-15-10-16(2)12-18(11-15)23-14-17(13-20(23)24)21(25)22-8-9-26-19-6-4-3-5-7-19/h3-7,10-12,17H,8-9,13-14H2,1-2H3,(H,22,25)/t17-/m1/s1. The number of benzene rings is 2. The van der Waals surface area contributed by atoms with Crippen LogP contribution in [0.25, 0.3) is 0 Å². The molecule has 1 aliphatic rings. The third-order valence-corrected chi connectivity index (χ3v) is 4.43. The number of carbonyl (C=O) groups is 2. The predicted molar refractivity (Wildman–Crippen MR) is 101 cm³/mol. The number of nitrogens with zero attached hydrogens (tertiary/aromatic N) is 1. The van der Waals surface area contributed by atoms with Gasteiger partial charge in [-0.15, -0.1) is 0 Å². The molecule has 0 aromatic heterocycles. The SMILES string of the molecule is Cc1cc(C)cc(N2C[C@H](C(=O)NCCOc3ccccc3)CC2=O)c1. The third-order valence-electron chi connectivity index (χ3n) is 4.43. The lowest BCUT2D eigenvalue weighted by Crippen LogP contribution is -2.35. The average Bonchev–Trinajstić information content (AvgIpc) is 3.00. The summed E-state index contributed by atoms with van der Waals surface area (Å²) in [6, 6.07) is 15.5. The van der Waals surface area contributed by atoms with E-state index in [4.69, 9.17) is 4.74 Å². The van der Waals surface area contributed by atoms with Gasteiger partial charge in [0.05, 0.1) is 12.5 Å². The first-order valence-electron chi connectivity index (χ1n) is 8.87. The van der Waals surface area contributed by atoms with Gasteiger partial charge in [0.1, 0.15) is 12.4 Å². The van der Waals surface area contributed by atoms with Crippen LogP contribution in [0.1, 0.15) is 17.5 Å². The van der Waals surface area contributed by atoms with Crippen molar-refractivity contribution in [1.82, 2.24) is 5.32 Å². The minimum atomic E-state index is -0.319. The lowest BCUT2D eigenvalue weighted by Gasteiger charge is -2.18. The second kappa shape index (κ2) is 8.04. The van der Waals surface area contributed by atoms with E-state index in [0.717, 1.165) is 22.6 Å². The van der Waals surface area contributed by atoms with E-state index in [0.29, 0.717) is 19.7 Å². The van der Waals surface area contributed by atoms with Crippen molar-refractivity contribution in [2.45, 2.75) is 20.3 Å². The highest BCUT2D eigenvalue weighted by Gasteiger charge is 2.35. The maximum Gasteiger partial charge on any atom is 0.227 e. The number of anilines is 1. The van der Waals surface area contributed by atoms with Crippen LogP contribution in [-0.4, -0.2) is 31.5 Å². The number of hydrogen-bond acceptors (Lipinski definition) is 3. The zero-order valence-corrected chi connectivity index (χ0v) is 15.2. The number of rotatable bonds is 6. The molecule has 2 aromatic rings. The molecule has 0 radical (unpaired) electrons. The zero-order valence-electron chi connectivity index (χ0n) is 15.2. The number of para-hydroxylation sites is 1. The molecule has 1 saturated heterocycles. The molecule has 1 heterocycles. The monoisotopic (exact) mass is 352 g/mol. The lowest BCUT2D eigenvalue weighted by atomic mass is 10.1. The van der Waals surface area contributed by atoms with Crippen LogP contribution in [-0.2, 0) is 9.59 Å². The molecule has 26 heavy (non-hydrogen) atoms. The fraction of sp³-hybridized carbons (Fsp3) is 0.333. The lowest BCUT2D eigenvalue weighted by molar-refractivity contribution is -0.126. The van der Waals surface area contributed by atoms with E-state index in [2.05, 4.69) is 11.4 Å². The Morgan fingerprint density at radius 1 is 1.15 bits per heavy atom. The van der Waals surface area contributed by atoms with Crippen molar-refractivity contribution >= 4 is 17.5 Å². The van der Waals surface area contributed by atoms with Gasteiger partial charge in [0.25, 0.3) is 0 Å². The molecule has 1 N–H and O–H groups in total. The molecule has 2 amide bonds. The minimum Gasteiger partial charge on any atom is -0.492 e. The maximum atomic E-state index is 12.4. The summed E-state index contributed by atoms with van der Waals surface area (Å²) in [5.74, 6) is 0.358. The molecule has 1 aliphatic heterocycles. The molecule has 0 unspecified atom stereocenters. The van der Waals surface area contributed by atoms with E-state index in [1.807, 2.05) is 56.3 Å². The number of aryl methyl sites for hydroxylation is 2. The number of ether oxygens (including phenoxy) is 1. The minimum absolute atomic E-state index is 0.00399. The first kappa shape index (κ1) is 18.0. The Balaban J connectivity index is 1.50. The summed E-state index contributed by atoms with van der Waals surface area (Å²) < 4.78 is 5.56. The molecule has 0 bridgehead atoms. The third kappa shape index (κ3) is 4.42. The molecular formula is C21H24N2O3. The molecule has 0 aliphatic carbocycles. The summed E-state index contributed by atoms with van der Waals surface area (Å²) in [6.45, 7) is 5.26. The van der Waals surface area contributed by atoms with E-state index in [1.165, 1.54) is 0 Å². The summed E-state index contributed by atoms with van der Waals surface area (Å²) in [4.78, 5) is 26.4. The van der Waals surface area contributed by atoms with Crippen LogP contribution in [0, 0.1) is 19.8 Å². The van der Waals surface area contributed by atoms with Crippen molar-refractivity contribution in [1.29, 1.82) is 0 Å². The Morgan fingerprint density at radius 2 is 1.85 bits per heavy atom. The number of amides is 2. The van der Waals surface area contributed by atoms with E-state index in [-0.39, 0.29) is 24.2 Å². The average molecular weight is 352 g/mol. The van der Waals surface area contributed by atoms with Crippen molar-refractivity contribution in [2.24, 2.45) is 5.92 Å². The highest BCUT2D eigenvalue weighted by atomic mass is 16.5. The fourth-order valence-electron chi connectivity index (χ4n) is 3.24. The summed E-state index contributed by atoms with van der Waals surface area (Å²) in [6.07, 6.45) is 0.248. The van der Waals surface area contributed by atoms with Gasteiger partial charge in [-0.1, -0.05) is 24.3 Å². The van der Waals surface area contributed by atoms with Gasteiger partial charge in [-0.3, -0.25) is 9.59 Å². The largest absolute Gasteiger partial charge is 0.492 e. The normalized spacial score (nSPS) is 16.6. The highest BCUT2D eigenvalue weighted by Crippen LogP contribution is 2.27. The van der Waals surface area contributed by atoms with Crippen LogP contribution < -0.4 is 15.0 Å². The first-order chi connectivity index (χ1) is 12.5. The summed E-state index contributed by atoms with van der Waals surface area (Å²) in [7, 11) is 0. The molecule has 5 heteroatoms. The van der Waals surface area contributed by atoms with Crippen molar-refractivity contribution in [3.05, 3.63) is 59.7 Å². The highest BCUT2D eigenvalue weighted by molar-refractivity contribution is 6.00. The molecule has 1 atom stereocenters. The molecule has 136 valence electrons. The topological polar surface area (TPSA) is 58.6 Å². The maximum absolute atomic E-state index is 12.4. The van der Waals surface area contributed by atoms with Crippen LogP contribution in [0.15, 0.2) is 48.5 Å². The molecule has 0 saturated carbocycles. The Bertz CT molecular complexity index is 769. The van der Waals surface area contributed by atoms with Gasteiger partial charge in [-0.2, -0.15) is 0 Å². The molecule has 0 spiro atoms. The second-order valence-corrected chi connectivity index (χ2v) is 6.70. The molecular weight excluding hydrogens is 328 g/mol. The number of hydrogen-bond donors (Lipinski definition) is 1. The summed E-state index contributed by atoms with van der Waals surface area (Å²) in [5.41, 5.74) is 3.09. The van der Waals surface area contributed by atoms with Gasteiger partial charge < -0.3 is 15.0 Å². The summed E-state index contributed by atoms with van der Waals surface area (Å²) >= 11 is 0. The van der Waals surface area contributed by atoms with Gasteiger partial charge in [-0.25, -0.2) is 0 Å². The molecule has 3 rings (SSSR count). The van der Waals surface area contributed by atoms with E-state index in [9.17, 15) is 9.59 Å². The zero-order chi connectivity index (χ0) is 18.5.